The summed E-state index contributed by atoms with van der Waals surface area (Å²) >= 11 is 2.96. The van der Waals surface area contributed by atoms with E-state index in [1.165, 1.54) is 11.3 Å². The number of thiazole rings is 1. The monoisotopic (exact) mass is 558 g/mol. The van der Waals surface area contributed by atoms with Crippen molar-refractivity contribution >= 4 is 46.1 Å². The van der Waals surface area contributed by atoms with Crippen LogP contribution in [0.2, 0.25) is 0 Å². The number of hydrogen-bond acceptors (Lipinski definition) is 8. The molecule has 0 radical (unpaired) electrons. The van der Waals surface area contributed by atoms with E-state index >= 15 is 0 Å². The number of amides is 3. The van der Waals surface area contributed by atoms with Gasteiger partial charge in [0.05, 0.1) is 11.1 Å². The first-order valence-electron chi connectivity index (χ1n) is 13.1. The fraction of sp³-hybridized carbons (Fsp3) is 0.556. The van der Waals surface area contributed by atoms with Gasteiger partial charge in [-0.25, -0.2) is 9.78 Å². The highest BCUT2D eigenvalue weighted by Crippen LogP contribution is 2.39. The minimum absolute atomic E-state index is 0.0617. The maximum atomic E-state index is 13.4. The van der Waals surface area contributed by atoms with Gasteiger partial charge in [-0.05, 0) is 64.5 Å². The number of nitrogens with one attached hydrogen (secondary N) is 2. The minimum atomic E-state index is -0.663. The summed E-state index contributed by atoms with van der Waals surface area (Å²) < 4.78 is 11.2. The largest absolute Gasteiger partial charge is 0.444 e. The third-order valence-corrected chi connectivity index (χ3v) is 8.92. The molecule has 2 aliphatic heterocycles. The van der Waals surface area contributed by atoms with E-state index in [4.69, 9.17) is 9.47 Å². The van der Waals surface area contributed by atoms with Gasteiger partial charge in [0.25, 0.3) is 5.91 Å². The highest BCUT2D eigenvalue weighted by molar-refractivity contribution is 8.00. The molecule has 1 aliphatic carbocycles. The van der Waals surface area contributed by atoms with Crippen molar-refractivity contribution in [2.45, 2.75) is 69.5 Å². The van der Waals surface area contributed by atoms with Gasteiger partial charge in [0.1, 0.15) is 11.6 Å². The highest BCUT2D eigenvalue weighted by atomic mass is 32.2. The second-order valence-electron chi connectivity index (χ2n) is 10.9. The molecule has 38 heavy (non-hydrogen) atoms. The van der Waals surface area contributed by atoms with Gasteiger partial charge in [0.2, 0.25) is 5.91 Å². The maximum Gasteiger partial charge on any atom is 0.411 e. The van der Waals surface area contributed by atoms with Crippen LogP contribution in [0.4, 0.5) is 9.93 Å². The zero-order valence-electron chi connectivity index (χ0n) is 21.9. The van der Waals surface area contributed by atoms with E-state index < -0.39 is 17.7 Å². The topological polar surface area (TPSA) is 110 Å². The van der Waals surface area contributed by atoms with Gasteiger partial charge in [0, 0.05) is 41.5 Å². The van der Waals surface area contributed by atoms with Crippen LogP contribution >= 0.6 is 23.1 Å². The molecule has 204 valence electrons. The average molecular weight is 559 g/mol. The Bertz CT molecular complexity index is 1170. The van der Waals surface area contributed by atoms with Crippen LogP contribution in [0.1, 0.15) is 56.8 Å². The summed E-state index contributed by atoms with van der Waals surface area (Å²) in [4.78, 5) is 45.1. The Labute approximate surface area is 231 Å². The second-order valence-corrected chi connectivity index (χ2v) is 12.9. The third kappa shape index (κ3) is 6.50. The molecule has 2 aromatic rings. The Morgan fingerprint density at radius 2 is 1.79 bits per heavy atom. The van der Waals surface area contributed by atoms with Gasteiger partial charge >= 0.3 is 6.09 Å². The predicted octanol–water partition coefficient (Wildman–Crippen LogP) is 4.75. The fourth-order valence-electron chi connectivity index (χ4n) is 4.58. The van der Waals surface area contributed by atoms with E-state index in [1.54, 1.807) is 28.8 Å². The number of carbonyl (C=O) groups excluding carboxylic acids is 3. The molecule has 2 unspecified atom stereocenters. The maximum absolute atomic E-state index is 13.4. The van der Waals surface area contributed by atoms with E-state index in [2.05, 4.69) is 15.6 Å². The van der Waals surface area contributed by atoms with Gasteiger partial charge < -0.3 is 20.1 Å². The number of thioether (sulfide) groups is 1. The molecule has 9 nitrogen and oxygen atoms in total. The van der Waals surface area contributed by atoms with Crippen molar-refractivity contribution in [3.63, 3.8) is 0 Å². The number of ether oxygens (including phenoxy) is 2. The Morgan fingerprint density at radius 1 is 1.08 bits per heavy atom. The number of nitrogens with zero attached hydrogens (tertiary/aromatic N) is 2. The van der Waals surface area contributed by atoms with Crippen molar-refractivity contribution in [2.75, 3.05) is 24.3 Å². The molecule has 2 atom stereocenters. The molecule has 1 saturated carbocycles. The predicted molar refractivity (Wildman–Crippen MR) is 148 cm³/mol. The van der Waals surface area contributed by atoms with Crippen molar-refractivity contribution in [2.24, 2.45) is 5.92 Å². The molecule has 3 amide bonds. The molecule has 3 heterocycles. The van der Waals surface area contributed by atoms with Crippen molar-refractivity contribution < 1.29 is 23.9 Å². The number of benzene rings is 1. The summed E-state index contributed by atoms with van der Waals surface area (Å²) in [5.74, 6) is 0.412. The lowest BCUT2D eigenvalue weighted by Crippen LogP contribution is -2.51. The highest BCUT2D eigenvalue weighted by Gasteiger charge is 2.46. The zero-order valence-corrected chi connectivity index (χ0v) is 23.5. The minimum Gasteiger partial charge on any atom is -0.444 e. The first-order valence-corrected chi connectivity index (χ1v) is 15.0. The summed E-state index contributed by atoms with van der Waals surface area (Å²) in [5, 5.41) is 8.10. The molecule has 0 spiro atoms. The molecule has 3 fully saturated rings. The fourth-order valence-corrected chi connectivity index (χ4v) is 6.93. The van der Waals surface area contributed by atoms with Crippen LogP contribution in [0.25, 0.3) is 11.3 Å². The summed E-state index contributed by atoms with van der Waals surface area (Å²) in [6.07, 6.45) is 3.32. The zero-order chi connectivity index (χ0) is 26.9. The molecule has 3 aliphatic rings. The molecular weight excluding hydrogens is 524 g/mol. The van der Waals surface area contributed by atoms with Gasteiger partial charge in [-0.15, -0.1) is 23.1 Å². The van der Waals surface area contributed by atoms with Crippen LogP contribution in [-0.4, -0.2) is 69.8 Å². The summed E-state index contributed by atoms with van der Waals surface area (Å²) in [6.45, 7) is 6.81. The number of rotatable bonds is 6. The van der Waals surface area contributed by atoms with Gasteiger partial charge in [-0.1, -0.05) is 12.1 Å². The molecule has 1 aromatic heterocycles. The lowest BCUT2D eigenvalue weighted by molar-refractivity contribution is -0.120. The van der Waals surface area contributed by atoms with Crippen LogP contribution in [0, 0.1) is 5.92 Å². The molecule has 5 rings (SSSR count). The van der Waals surface area contributed by atoms with Gasteiger partial charge in [0.15, 0.2) is 5.13 Å². The van der Waals surface area contributed by atoms with Crippen LogP contribution in [0.5, 0.6) is 0 Å². The van der Waals surface area contributed by atoms with Crippen LogP contribution in [0.3, 0.4) is 0 Å². The van der Waals surface area contributed by atoms with Crippen molar-refractivity contribution in [3.8, 4) is 11.3 Å². The van der Waals surface area contributed by atoms with E-state index in [0.29, 0.717) is 41.4 Å². The molecule has 2 N–H and O–H groups in total. The number of carbonyl (C=O) groups is 3. The van der Waals surface area contributed by atoms with Crippen molar-refractivity contribution in [3.05, 3.63) is 35.2 Å². The van der Waals surface area contributed by atoms with E-state index in [0.717, 1.165) is 31.2 Å². The molecule has 2 saturated heterocycles. The first kappa shape index (κ1) is 27.0. The second kappa shape index (κ2) is 11.2. The lowest BCUT2D eigenvalue weighted by atomic mass is 9.99. The lowest BCUT2D eigenvalue weighted by Gasteiger charge is -2.36. The summed E-state index contributed by atoms with van der Waals surface area (Å²) in [6, 6.07) is 6.95. The van der Waals surface area contributed by atoms with E-state index in [-0.39, 0.29) is 23.1 Å². The third-order valence-electron chi connectivity index (χ3n) is 6.70. The molecule has 1 aromatic carbocycles. The summed E-state index contributed by atoms with van der Waals surface area (Å²) in [5.41, 5.74) is 1.52. The number of anilines is 1. The van der Waals surface area contributed by atoms with Crippen LogP contribution in [0.15, 0.2) is 29.6 Å². The number of aromatic nitrogens is 1. The Kier molecular flexibility index (Phi) is 7.97. The number of hydrogen-bond donors (Lipinski definition) is 2. The Hall–Kier alpha value is -2.63. The normalized spacial score (nSPS) is 22.2. The Balaban J connectivity index is 1.26. The molecule has 11 heteroatoms. The van der Waals surface area contributed by atoms with Crippen LogP contribution in [-0.2, 0) is 14.3 Å². The van der Waals surface area contributed by atoms with E-state index in [9.17, 15) is 14.4 Å². The molecular formula is C27H34N4O5S2. The molecule has 0 bridgehead atoms. The van der Waals surface area contributed by atoms with Crippen LogP contribution < -0.4 is 10.6 Å². The Morgan fingerprint density at radius 3 is 2.45 bits per heavy atom. The van der Waals surface area contributed by atoms with Crippen molar-refractivity contribution in [1.29, 1.82) is 0 Å². The van der Waals surface area contributed by atoms with Crippen molar-refractivity contribution in [1.82, 2.24) is 15.2 Å². The van der Waals surface area contributed by atoms with E-state index in [1.807, 2.05) is 38.3 Å². The van der Waals surface area contributed by atoms with Gasteiger partial charge in [-0.2, -0.15) is 0 Å². The summed E-state index contributed by atoms with van der Waals surface area (Å²) in [7, 11) is 0. The SMILES string of the molecule is CC(C)(C)OC(=O)N1C(C(=O)Nc2nc(-c3ccc(C(=O)NC4CC4)cc3)cs2)CSC1C1CCOCC1. The smallest absolute Gasteiger partial charge is 0.411 e. The first-order chi connectivity index (χ1) is 18.2. The average Bonchev–Trinajstić information content (AvgIpc) is 3.38. The quantitative estimate of drug-likeness (QED) is 0.527. The van der Waals surface area contributed by atoms with Gasteiger partial charge in [-0.3, -0.25) is 14.5 Å². The standard InChI is InChI=1S/C27H34N4O5S2/c1-27(2,3)36-26(34)31-21(15-37-24(31)18-10-12-35-13-11-18)23(33)30-25-29-20(14-38-25)16-4-6-17(7-5-16)22(32)28-19-8-9-19/h4-7,14,18-19,21,24H,8-13,15H2,1-3H3,(H,28,32)(H,29,30,33).